The zero-order valence-electron chi connectivity index (χ0n) is 11.3. The quantitative estimate of drug-likeness (QED) is 0.868. The highest BCUT2D eigenvalue weighted by molar-refractivity contribution is 5.92. The van der Waals surface area contributed by atoms with Crippen LogP contribution < -0.4 is 5.32 Å². The Bertz CT molecular complexity index is 551. The van der Waals surface area contributed by atoms with E-state index in [2.05, 4.69) is 5.32 Å². The van der Waals surface area contributed by atoms with E-state index in [1.54, 1.807) is 0 Å². The molecule has 114 valence electrons. The smallest absolute Gasteiger partial charge is 0.303 e. The molecular weight excluding hydrogens is 282 g/mol. The van der Waals surface area contributed by atoms with Gasteiger partial charge in [0.25, 0.3) is 0 Å². The molecule has 1 unspecified atom stereocenters. The lowest BCUT2D eigenvalue weighted by Gasteiger charge is -2.15. The van der Waals surface area contributed by atoms with Gasteiger partial charge in [-0.05, 0) is 31.0 Å². The van der Waals surface area contributed by atoms with Crippen molar-refractivity contribution in [2.75, 3.05) is 25.0 Å². The lowest BCUT2D eigenvalue weighted by molar-refractivity contribution is -0.138. The van der Waals surface area contributed by atoms with Gasteiger partial charge in [-0.1, -0.05) is 0 Å². The van der Waals surface area contributed by atoms with Crippen molar-refractivity contribution in [1.82, 2.24) is 4.90 Å². The Hall–Kier alpha value is -2.02. The van der Waals surface area contributed by atoms with Gasteiger partial charge < -0.3 is 10.4 Å². The van der Waals surface area contributed by atoms with E-state index in [-0.39, 0.29) is 30.5 Å². The highest BCUT2D eigenvalue weighted by atomic mass is 19.2. The number of rotatable bonds is 5. The van der Waals surface area contributed by atoms with Crippen molar-refractivity contribution in [3.8, 4) is 0 Å². The molecule has 0 aliphatic carbocycles. The minimum Gasteiger partial charge on any atom is -0.481 e. The summed E-state index contributed by atoms with van der Waals surface area (Å²) in [7, 11) is 0. The predicted octanol–water partition coefficient (Wildman–Crippen LogP) is 1.70. The van der Waals surface area contributed by atoms with Gasteiger partial charge in [-0.3, -0.25) is 14.5 Å². The number of hydrogen-bond donors (Lipinski definition) is 2. The van der Waals surface area contributed by atoms with E-state index in [9.17, 15) is 18.4 Å². The third-order valence-corrected chi connectivity index (χ3v) is 3.40. The Morgan fingerprint density at radius 1 is 1.33 bits per heavy atom. The van der Waals surface area contributed by atoms with Crippen molar-refractivity contribution in [2.45, 2.75) is 12.8 Å². The second-order valence-electron chi connectivity index (χ2n) is 5.16. The van der Waals surface area contributed by atoms with Crippen molar-refractivity contribution in [3.05, 3.63) is 29.8 Å². The van der Waals surface area contributed by atoms with E-state index < -0.39 is 17.6 Å². The minimum atomic E-state index is -1.02. The van der Waals surface area contributed by atoms with E-state index >= 15 is 0 Å². The van der Waals surface area contributed by atoms with E-state index in [4.69, 9.17) is 5.11 Å². The average Bonchev–Trinajstić information content (AvgIpc) is 2.80. The molecule has 1 saturated heterocycles. The third-order valence-electron chi connectivity index (χ3n) is 3.40. The van der Waals surface area contributed by atoms with E-state index in [0.717, 1.165) is 18.6 Å². The number of hydrogen-bond acceptors (Lipinski definition) is 3. The second-order valence-corrected chi connectivity index (χ2v) is 5.16. The number of carbonyl (C=O) groups is 2. The first-order chi connectivity index (χ1) is 9.94. The molecule has 0 saturated carbocycles. The molecule has 7 heteroatoms. The number of anilines is 1. The number of amides is 1. The van der Waals surface area contributed by atoms with Gasteiger partial charge >= 0.3 is 5.97 Å². The molecule has 1 amide bonds. The molecule has 1 aromatic rings. The van der Waals surface area contributed by atoms with Crippen molar-refractivity contribution in [2.24, 2.45) is 5.92 Å². The Morgan fingerprint density at radius 2 is 2.10 bits per heavy atom. The summed E-state index contributed by atoms with van der Waals surface area (Å²) in [5, 5.41) is 11.2. The van der Waals surface area contributed by atoms with Crippen LogP contribution in [0.15, 0.2) is 18.2 Å². The van der Waals surface area contributed by atoms with Crippen LogP contribution in [0.1, 0.15) is 12.8 Å². The van der Waals surface area contributed by atoms with Gasteiger partial charge in [-0.15, -0.1) is 0 Å². The Labute approximate surface area is 120 Å². The van der Waals surface area contributed by atoms with Crippen LogP contribution in [0.5, 0.6) is 0 Å². The molecule has 0 radical (unpaired) electrons. The monoisotopic (exact) mass is 298 g/mol. The lowest BCUT2D eigenvalue weighted by Crippen LogP contribution is -2.31. The fourth-order valence-corrected chi connectivity index (χ4v) is 2.45. The summed E-state index contributed by atoms with van der Waals surface area (Å²) in [6.45, 7) is 1.32. The maximum atomic E-state index is 13.0. The van der Waals surface area contributed by atoms with Gasteiger partial charge in [-0.2, -0.15) is 0 Å². The van der Waals surface area contributed by atoms with E-state index in [1.165, 1.54) is 6.07 Å². The molecule has 1 aliphatic rings. The molecule has 2 rings (SSSR count). The van der Waals surface area contributed by atoms with Gasteiger partial charge in [0.05, 0.1) is 6.54 Å². The van der Waals surface area contributed by atoms with Gasteiger partial charge in [0.1, 0.15) is 0 Å². The van der Waals surface area contributed by atoms with Crippen LogP contribution in [0.3, 0.4) is 0 Å². The third kappa shape index (κ3) is 4.49. The first-order valence-electron chi connectivity index (χ1n) is 6.63. The number of aliphatic carboxylic acids is 1. The topological polar surface area (TPSA) is 69.6 Å². The fourth-order valence-electron chi connectivity index (χ4n) is 2.45. The number of nitrogens with zero attached hydrogens (tertiary/aromatic N) is 1. The molecule has 2 N–H and O–H groups in total. The SMILES string of the molecule is O=C(O)CC1CCN(CC(=O)Nc2ccc(F)c(F)c2)C1. The van der Waals surface area contributed by atoms with Crippen molar-refractivity contribution < 1.29 is 23.5 Å². The molecule has 21 heavy (non-hydrogen) atoms. The molecule has 1 aliphatic heterocycles. The lowest BCUT2D eigenvalue weighted by atomic mass is 10.1. The maximum absolute atomic E-state index is 13.0. The fraction of sp³-hybridized carbons (Fsp3) is 0.429. The van der Waals surface area contributed by atoms with Crippen LogP contribution in [-0.4, -0.2) is 41.5 Å². The van der Waals surface area contributed by atoms with E-state index in [0.29, 0.717) is 13.1 Å². The van der Waals surface area contributed by atoms with Crippen LogP contribution in [0.2, 0.25) is 0 Å². The Kier molecular flexibility index (Phi) is 4.85. The largest absolute Gasteiger partial charge is 0.481 e. The number of halogens is 2. The summed E-state index contributed by atoms with van der Waals surface area (Å²) < 4.78 is 25.8. The first kappa shape index (κ1) is 15.4. The number of nitrogens with one attached hydrogen (secondary N) is 1. The maximum Gasteiger partial charge on any atom is 0.303 e. The van der Waals surface area contributed by atoms with Gasteiger partial charge in [-0.25, -0.2) is 8.78 Å². The summed E-state index contributed by atoms with van der Waals surface area (Å²) >= 11 is 0. The number of carboxylic acids is 1. The minimum absolute atomic E-state index is 0.0542. The number of carboxylic acid groups (broad SMARTS) is 1. The highest BCUT2D eigenvalue weighted by Crippen LogP contribution is 2.19. The summed E-state index contributed by atoms with van der Waals surface area (Å²) in [5.74, 6) is -3.11. The predicted molar refractivity (Wildman–Crippen MR) is 71.8 cm³/mol. The zero-order chi connectivity index (χ0) is 15.4. The van der Waals surface area contributed by atoms with Gasteiger partial charge in [0.2, 0.25) is 5.91 Å². The molecule has 0 bridgehead atoms. The molecule has 5 nitrogen and oxygen atoms in total. The highest BCUT2D eigenvalue weighted by Gasteiger charge is 2.25. The van der Waals surface area contributed by atoms with Crippen LogP contribution in [0, 0.1) is 17.6 Å². The average molecular weight is 298 g/mol. The normalized spacial score (nSPS) is 18.7. The molecule has 1 fully saturated rings. The summed E-state index contributed by atoms with van der Waals surface area (Å²) in [5.41, 5.74) is 0.195. The standard InChI is InChI=1S/C14H16F2N2O3/c15-11-2-1-10(6-12(11)16)17-13(19)8-18-4-3-9(7-18)5-14(20)21/h1-2,6,9H,3-5,7-8H2,(H,17,19)(H,20,21). The van der Waals surface area contributed by atoms with Gasteiger partial charge in [0, 0.05) is 24.7 Å². The van der Waals surface area contributed by atoms with Crippen LogP contribution in [-0.2, 0) is 9.59 Å². The summed E-state index contributed by atoms with van der Waals surface area (Å²) in [4.78, 5) is 24.3. The molecule has 0 aromatic heterocycles. The van der Waals surface area contributed by atoms with E-state index in [1.807, 2.05) is 4.90 Å². The number of benzene rings is 1. The molecule has 0 spiro atoms. The van der Waals surface area contributed by atoms with Crippen molar-refractivity contribution in [3.63, 3.8) is 0 Å². The first-order valence-corrected chi connectivity index (χ1v) is 6.63. The second kappa shape index (κ2) is 6.62. The van der Waals surface area contributed by atoms with Gasteiger partial charge in [0.15, 0.2) is 11.6 Å². The summed E-state index contributed by atoms with van der Waals surface area (Å²) in [6.07, 6.45) is 0.839. The van der Waals surface area contributed by atoms with Crippen molar-refractivity contribution >= 4 is 17.6 Å². The number of likely N-dealkylation sites (tertiary alicyclic amines) is 1. The molecular formula is C14H16F2N2O3. The zero-order valence-corrected chi connectivity index (χ0v) is 11.3. The Balaban J connectivity index is 1.82. The Morgan fingerprint density at radius 3 is 2.76 bits per heavy atom. The molecule has 1 aromatic carbocycles. The number of carbonyl (C=O) groups excluding carboxylic acids is 1. The molecule has 1 atom stereocenters. The molecule has 1 heterocycles. The summed E-state index contributed by atoms with van der Waals surface area (Å²) in [6, 6.07) is 3.15. The van der Waals surface area contributed by atoms with Crippen LogP contribution in [0.25, 0.3) is 0 Å². The van der Waals surface area contributed by atoms with Crippen molar-refractivity contribution in [1.29, 1.82) is 0 Å². The van der Waals surface area contributed by atoms with Crippen LogP contribution >= 0.6 is 0 Å². The van der Waals surface area contributed by atoms with Crippen LogP contribution in [0.4, 0.5) is 14.5 Å².